The van der Waals surface area contributed by atoms with Gasteiger partial charge in [0, 0.05) is 20.2 Å². The van der Waals surface area contributed by atoms with E-state index in [1.807, 2.05) is 0 Å². The van der Waals surface area contributed by atoms with Gasteiger partial charge in [-0.3, -0.25) is 4.79 Å². The fraction of sp³-hybridized carbons (Fsp3) is 0.933. The number of ether oxygens (including phenoxy) is 1. The summed E-state index contributed by atoms with van der Waals surface area (Å²) in [6, 6.07) is -0.0867. The Balaban J connectivity index is 2.25. The summed E-state index contributed by atoms with van der Waals surface area (Å²) < 4.78 is 5.26. The lowest BCUT2D eigenvalue weighted by Crippen LogP contribution is -2.43. The van der Waals surface area contributed by atoms with Crippen molar-refractivity contribution in [2.45, 2.75) is 65.0 Å². The lowest BCUT2D eigenvalue weighted by molar-refractivity contribution is -0.123. The minimum Gasteiger partial charge on any atom is -0.380 e. The normalized spacial score (nSPS) is 23.6. The number of amides is 1. The second kappa shape index (κ2) is 7.85. The van der Waals surface area contributed by atoms with E-state index in [2.05, 4.69) is 31.4 Å². The van der Waals surface area contributed by atoms with Crippen LogP contribution >= 0.6 is 0 Å². The third kappa shape index (κ3) is 5.91. The van der Waals surface area contributed by atoms with Crippen molar-refractivity contribution in [1.29, 1.82) is 0 Å². The van der Waals surface area contributed by atoms with Gasteiger partial charge < -0.3 is 15.4 Å². The van der Waals surface area contributed by atoms with Crippen LogP contribution in [0.2, 0.25) is 0 Å². The Labute approximate surface area is 117 Å². The molecule has 4 nitrogen and oxygen atoms in total. The molecule has 4 heteroatoms. The molecule has 0 saturated carbocycles. The molecule has 0 bridgehead atoms. The van der Waals surface area contributed by atoms with Gasteiger partial charge in [-0.2, -0.15) is 0 Å². The maximum Gasteiger partial charge on any atom is 0.237 e. The molecular weight excluding hydrogens is 240 g/mol. The molecular formula is C15H30N2O2. The highest BCUT2D eigenvalue weighted by atomic mass is 16.5. The van der Waals surface area contributed by atoms with Crippen LogP contribution in [0.25, 0.3) is 0 Å². The van der Waals surface area contributed by atoms with Gasteiger partial charge in [-0.15, -0.1) is 0 Å². The van der Waals surface area contributed by atoms with Crippen LogP contribution in [0.3, 0.4) is 0 Å². The molecule has 1 heterocycles. The Kier molecular flexibility index (Phi) is 6.80. The molecule has 0 radical (unpaired) electrons. The Morgan fingerprint density at radius 1 is 1.42 bits per heavy atom. The van der Waals surface area contributed by atoms with Gasteiger partial charge in [-0.1, -0.05) is 40.0 Å². The van der Waals surface area contributed by atoms with Crippen molar-refractivity contribution in [1.82, 2.24) is 10.6 Å². The smallest absolute Gasteiger partial charge is 0.237 e. The third-order valence-electron chi connectivity index (χ3n) is 3.94. The van der Waals surface area contributed by atoms with Gasteiger partial charge >= 0.3 is 0 Å². The van der Waals surface area contributed by atoms with E-state index in [-0.39, 0.29) is 23.5 Å². The van der Waals surface area contributed by atoms with Crippen molar-refractivity contribution in [3.8, 4) is 0 Å². The standard InChI is InChI=1S/C15H30N2O2/c1-5-6-7-8-15(2,3)11-17-14(18)13-9-12(19-4)10-16-13/h12-13,16H,5-11H2,1-4H3,(H,17,18). The molecule has 1 rings (SSSR count). The Morgan fingerprint density at radius 2 is 2.16 bits per heavy atom. The molecule has 0 aromatic heterocycles. The maximum atomic E-state index is 12.1. The van der Waals surface area contributed by atoms with E-state index in [1.165, 1.54) is 25.7 Å². The zero-order chi connectivity index (χ0) is 14.3. The molecule has 19 heavy (non-hydrogen) atoms. The predicted molar refractivity (Wildman–Crippen MR) is 78.1 cm³/mol. The second-order valence-electron chi connectivity index (χ2n) is 6.39. The predicted octanol–water partition coefficient (Wildman–Crippen LogP) is 2.09. The molecule has 0 aromatic rings. The van der Waals surface area contributed by atoms with Gasteiger partial charge in [0.25, 0.3) is 0 Å². The highest BCUT2D eigenvalue weighted by Gasteiger charge is 2.30. The molecule has 1 aliphatic heterocycles. The molecule has 112 valence electrons. The SMILES string of the molecule is CCCCCC(C)(C)CNC(=O)C1CC(OC)CN1. The number of carbonyl (C=O) groups excluding carboxylic acids is 1. The number of hydrogen-bond acceptors (Lipinski definition) is 3. The summed E-state index contributed by atoms with van der Waals surface area (Å²) in [5, 5.41) is 6.29. The first kappa shape index (κ1) is 16.4. The molecule has 0 aliphatic carbocycles. The topological polar surface area (TPSA) is 50.4 Å². The number of methoxy groups -OCH3 is 1. The summed E-state index contributed by atoms with van der Waals surface area (Å²) in [6.45, 7) is 8.19. The summed E-state index contributed by atoms with van der Waals surface area (Å²) in [5.74, 6) is 0.114. The van der Waals surface area contributed by atoms with E-state index in [4.69, 9.17) is 4.74 Å². The first-order chi connectivity index (χ1) is 8.98. The Hall–Kier alpha value is -0.610. The lowest BCUT2D eigenvalue weighted by Gasteiger charge is -2.25. The van der Waals surface area contributed by atoms with Crippen molar-refractivity contribution in [2.75, 3.05) is 20.2 Å². The largest absolute Gasteiger partial charge is 0.380 e. The van der Waals surface area contributed by atoms with Crippen molar-refractivity contribution >= 4 is 5.91 Å². The quantitative estimate of drug-likeness (QED) is 0.664. The molecule has 1 fully saturated rings. The average Bonchev–Trinajstić information content (AvgIpc) is 2.85. The van der Waals surface area contributed by atoms with Crippen LogP contribution in [0.5, 0.6) is 0 Å². The molecule has 2 unspecified atom stereocenters. The monoisotopic (exact) mass is 270 g/mol. The van der Waals surface area contributed by atoms with E-state index in [0.29, 0.717) is 0 Å². The van der Waals surface area contributed by atoms with Gasteiger partial charge in [0.2, 0.25) is 5.91 Å². The summed E-state index contributed by atoms with van der Waals surface area (Å²) in [7, 11) is 1.70. The van der Waals surface area contributed by atoms with E-state index >= 15 is 0 Å². The minimum absolute atomic E-state index is 0.0867. The van der Waals surface area contributed by atoms with Crippen molar-refractivity contribution < 1.29 is 9.53 Å². The molecule has 1 saturated heterocycles. The number of unbranched alkanes of at least 4 members (excludes halogenated alkanes) is 2. The average molecular weight is 270 g/mol. The van der Waals surface area contributed by atoms with Gasteiger partial charge in [-0.25, -0.2) is 0 Å². The third-order valence-corrected chi connectivity index (χ3v) is 3.94. The zero-order valence-electron chi connectivity index (χ0n) is 12.9. The Morgan fingerprint density at radius 3 is 2.74 bits per heavy atom. The van der Waals surface area contributed by atoms with Gasteiger partial charge in [0.15, 0.2) is 0 Å². The van der Waals surface area contributed by atoms with Gasteiger partial charge in [0.1, 0.15) is 0 Å². The van der Waals surface area contributed by atoms with E-state index in [9.17, 15) is 4.79 Å². The number of carbonyl (C=O) groups is 1. The van der Waals surface area contributed by atoms with E-state index in [1.54, 1.807) is 7.11 Å². The summed E-state index contributed by atoms with van der Waals surface area (Å²) in [6.07, 6.45) is 5.88. The number of hydrogen-bond donors (Lipinski definition) is 2. The number of rotatable bonds is 8. The van der Waals surface area contributed by atoms with Crippen LogP contribution in [0, 0.1) is 5.41 Å². The summed E-state index contributed by atoms with van der Waals surface area (Å²) >= 11 is 0. The summed E-state index contributed by atoms with van der Waals surface area (Å²) in [5.41, 5.74) is 0.185. The van der Waals surface area contributed by atoms with Crippen LogP contribution in [0.4, 0.5) is 0 Å². The Bertz CT molecular complexity index is 279. The van der Waals surface area contributed by atoms with Crippen LogP contribution in [0.15, 0.2) is 0 Å². The molecule has 0 aromatic carbocycles. The molecule has 0 spiro atoms. The van der Waals surface area contributed by atoms with Crippen LogP contribution in [-0.2, 0) is 9.53 Å². The lowest BCUT2D eigenvalue weighted by atomic mass is 9.87. The summed E-state index contributed by atoms with van der Waals surface area (Å²) in [4.78, 5) is 12.1. The van der Waals surface area contributed by atoms with Gasteiger partial charge in [-0.05, 0) is 18.3 Å². The molecule has 2 atom stereocenters. The van der Waals surface area contributed by atoms with E-state index < -0.39 is 0 Å². The fourth-order valence-electron chi connectivity index (χ4n) is 2.47. The van der Waals surface area contributed by atoms with Crippen molar-refractivity contribution in [3.63, 3.8) is 0 Å². The number of nitrogens with one attached hydrogen (secondary N) is 2. The van der Waals surface area contributed by atoms with Crippen molar-refractivity contribution in [2.24, 2.45) is 5.41 Å². The molecule has 2 N–H and O–H groups in total. The maximum absolute atomic E-state index is 12.1. The highest BCUT2D eigenvalue weighted by molar-refractivity contribution is 5.82. The molecule has 1 aliphatic rings. The van der Waals surface area contributed by atoms with Gasteiger partial charge in [0.05, 0.1) is 12.1 Å². The first-order valence-corrected chi connectivity index (χ1v) is 7.52. The highest BCUT2D eigenvalue weighted by Crippen LogP contribution is 2.22. The van der Waals surface area contributed by atoms with Crippen LogP contribution < -0.4 is 10.6 Å². The van der Waals surface area contributed by atoms with Crippen LogP contribution in [0.1, 0.15) is 52.9 Å². The second-order valence-corrected chi connectivity index (χ2v) is 6.39. The first-order valence-electron chi connectivity index (χ1n) is 7.52. The van der Waals surface area contributed by atoms with E-state index in [0.717, 1.165) is 19.5 Å². The minimum atomic E-state index is -0.0867. The molecule has 1 amide bonds. The van der Waals surface area contributed by atoms with Crippen LogP contribution in [-0.4, -0.2) is 38.3 Å². The van der Waals surface area contributed by atoms with Crippen molar-refractivity contribution in [3.05, 3.63) is 0 Å². The fourth-order valence-corrected chi connectivity index (χ4v) is 2.47. The zero-order valence-corrected chi connectivity index (χ0v) is 12.9.